The Labute approximate surface area is 77.9 Å². The van der Waals surface area contributed by atoms with Gasteiger partial charge in [0, 0.05) is 5.92 Å². The van der Waals surface area contributed by atoms with Crippen LogP contribution < -0.4 is 5.32 Å². The van der Waals surface area contributed by atoms with Crippen molar-refractivity contribution in [2.75, 3.05) is 6.54 Å². The highest BCUT2D eigenvalue weighted by Crippen LogP contribution is 2.41. The molecule has 2 fully saturated rings. The van der Waals surface area contributed by atoms with Crippen molar-refractivity contribution in [2.45, 2.75) is 50.5 Å². The lowest BCUT2D eigenvalue weighted by Gasteiger charge is -2.28. The Morgan fingerprint density at radius 1 is 1.00 bits per heavy atom. The van der Waals surface area contributed by atoms with Gasteiger partial charge >= 0.3 is 0 Å². The molecule has 0 aromatic heterocycles. The van der Waals surface area contributed by atoms with Crippen LogP contribution in [0.2, 0.25) is 0 Å². The second-order valence-corrected chi connectivity index (χ2v) is 4.30. The third kappa shape index (κ3) is 1.71. The van der Waals surface area contributed by atoms with Gasteiger partial charge in [-0.05, 0) is 32.2 Å². The van der Waals surface area contributed by atoms with E-state index in [1.807, 2.05) is 0 Å². The highest BCUT2D eigenvalue weighted by molar-refractivity contribution is 4.93. The molecule has 0 spiro atoms. The van der Waals surface area contributed by atoms with Crippen molar-refractivity contribution in [1.29, 1.82) is 0 Å². The van der Waals surface area contributed by atoms with Gasteiger partial charge in [-0.1, -0.05) is 12.8 Å². The number of hydrogen-bond donors (Lipinski definition) is 1. The van der Waals surface area contributed by atoms with E-state index in [2.05, 4.69) is 5.32 Å². The van der Waals surface area contributed by atoms with Crippen LogP contribution in [0, 0.1) is 5.92 Å². The van der Waals surface area contributed by atoms with E-state index in [1.54, 1.807) is 0 Å². The second kappa shape index (κ2) is 3.52. The lowest BCUT2D eigenvalue weighted by atomic mass is 9.92. The van der Waals surface area contributed by atoms with Crippen LogP contribution in [0.15, 0.2) is 0 Å². The summed E-state index contributed by atoms with van der Waals surface area (Å²) in [6.45, 7) is 0.771. The molecule has 1 aliphatic carbocycles. The van der Waals surface area contributed by atoms with Crippen LogP contribution in [0.4, 0.5) is 8.78 Å². The summed E-state index contributed by atoms with van der Waals surface area (Å²) >= 11 is 0. The van der Waals surface area contributed by atoms with Crippen LogP contribution in [0.5, 0.6) is 0 Å². The monoisotopic (exact) mass is 189 g/mol. The Morgan fingerprint density at radius 3 is 2.23 bits per heavy atom. The normalized spacial score (nSPS) is 31.4. The van der Waals surface area contributed by atoms with Gasteiger partial charge < -0.3 is 5.32 Å². The average Bonchev–Trinajstić information content (AvgIpc) is 2.78. The van der Waals surface area contributed by atoms with Crippen molar-refractivity contribution in [3.63, 3.8) is 0 Å². The van der Waals surface area contributed by atoms with E-state index in [-0.39, 0.29) is 5.92 Å². The summed E-state index contributed by atoms with van der Waals surface area (Å²) in [6, 6.07) is -0.532. The molecule has 1 aliphatic heterocycles. The van der Waals surface area contributed by atoms with Crippen LogP contribution in [-0.4, -0.2) is 18.5 Å². The summed E-state index contributed by atoms with van der Waals surface area (Å²) in [5.74, 6) is -2.80. The van der Waals surface area contributed by atoms with Crippen LogP contribution in [0.1, 0.15) is 38.5 Å². The molecule has 0 radical (unpaired) electrons. The smallest absolute Gasteiger partial charge is 0.265 e. The third-order valence-electron chi connectivity index (χ3n) is 3.42. The summed E-state index contributed by atoms with van der Waals surface area (Å²) in [6.07, 6.45) is 5.01. The van der Waals surface area contributed by atoms with E-state index in [9.17, 15) is 8.78 Å². The molecule has 0 aromatic rings. The molecule has 76 valence electrons. The Bertz CT molecular complexity index is 152. The number of nitrogens with one attached hydrogen (secondary N) is 1. The van der Waals surface area contributed by atoms with E-state index >= 15 is 0 Å². The summed E-state index contributed by atoms with van der Waals surface area (Å²) in [4.78, 5) is 0. The highest BCUT2D eigenvalue weighted by Gasteiger charge is 2.48. The summed E-state index contributed by atoms with van der Waals surface area (Å²) in [7, 11) is 0. The van der Waals surface area contributed by atoms with Gasteiger partial charge in [-0.15, -0.1) is 0 Å². The molecule has 1 nitrogen and oxygen atoms in total. The maximum atomic E-state index is 13.8. The predicted molar refractivity (Wildman–Crippen MR) is 47.9 cm³/mol. The molecule has 1 N–H and O–H groups in total. The lowest BCUT2D eigenvalue weighted by molar-refractivity contribution is -0.0827. The fourth-order valence-corrected chi connectivity index (χ4v) is 2.61. The maximum Gasteiger partial charge on any atom is 0.265 e. The molecule has 1 atom stereocenters. The zero-order valence-electron chi connectivity index (χ0n) is 7.86. The molecule has 1 saturated heterocycles. The number of hydrogen-bond acceptors (Lipinski definition) is 1. The van der Waals surface area contributed by atoms with Gasteiger partial charge in [-0.3, -0.25) is 0 Å². The minimum absolute atomic E-state index is 0.344. The van der Waals surface area contributed by atoms with E-state index in [1.165, 1.54) is 0 Å². The molecule has 2 aliphatic rings. The van der Waals surface area contributed by atoms with Crippen molar-refractivity contribution in [3.05, 3.63) is 0 Å². The fourth-order valence-electron chi connectivity index (χ4n) is 2.61. The molecule has 0 amide bonds. The molecule has 3 heteroatoms. The SMILES string of the molecule is FC(F)(C1CCCC1)C1CCCN1. The Hall–Kier alpha value is -0.180. The molecule has 1 saturated carbocycles. The first kappa shape index (κ1) is 9.38. The average molecular weight is 189 g/mol. The van der Waals surface area contributed by atoms with Gasteiger partial charge in [0.1, 0.15) is 0 Å². The van der Waals surface area contributed by atoms with Gasteiger partial charge in [0.15, 0.2) is 0 Å². The molecule has 1 unspecified atom stereocenters. The van der Waals surface area contributed by atoms with Crippen molar-refractivity contribution in [3.8, 4) is 0 Å². The summed E-state index contributed by atoms with van der Waals surface area (Å²) in [5.41, 5.74) is 0. The van der Waals surface area contributed by atoms with Gasteiger partial charge in [-0.2, -0.15) is 0 Å². The summed E-state index contributed by atoms with van der Waals surface area (Å²) in [5, 5.41) is 2.92. The fraction of sp³-hybridized carbons (Fsp3) is 1.00. The first-order valence-electron chi connectivity index (χ1n) is 5.32. The van der Waals surface area contributed by atoms with Crippen molar-refractivity contribution >= 4 is 0 Å². The number of halogens is 2. The van der Waals surface area contributed by atoms with Crippen molar-refractivity contribution < 1.29 is 8.78 Å². The standard InChI is InChI=1S/C10H17F2N/c11-10(12,8-4-1-2-5-8)9-6-3-7-13-9/h8-9,13H,1-7H2. The van der Waals surface area contributed by atoms with Gasteiger partial charge in [0.2, 0.25) is 0 Å². The minimum atomic E-state index is -2.45. The minimum Gasteiger partial charge on any atom is -0.309 e. The van der Waals surface area contributed by atoms with E-state index < -0.39 is 12.0 Å². The Balaban J connectivity index is 1.99. The third-order valence-corrected chi connectivity index (χ3v) is 3.42. The van der Waals surface area contributed by atoms with Gasteiger partial charge in [0.25, 0.3) is 5.92 Å². The lowest BCUT2D eigenvalue weighted by Crippen LogP contribution is -2.45. The summed E-state index contributed by atoms with van der Waals surface area (Å²) < 4.78 is 27.5. The molecular weight excluding hydrogens is 172 g/mol. The molecule has 1 heterocycles. The number of rotatable bonds is 2. The molecule has 0 aromatic carbocycles. The largest absolute Gasteiger partial charge is 0.309 e. The van der Waals surface area contributed by atoms with Crippen LogP contribution >= 0.6 is 0 Å². The van der Waals surface area contributed by atoms with Crippen molar-refractivity contribution in [1.82, 2.24) is 5.32 Å². The van der Waals surface area contributed by atoms with Crippen molar-refractivity contribution in [2.24, 2.45) is 5.92 Å². The predicted octanol–water partition coefficient (Wildman–Crippen LogP) is 2.56. The van der Waals surface area contributed by atoms with Crippen LogP contribution in [0.3, 0.4) is 0 Å². The highest BCUT2D eigenvalue weighted by atomic mass is 19.3. The molecule has 2 rings (SSSR count). The Kier molecular flexibility index (Phi) is 2.54. The van der Waals surface area contributed by atoms with Gasteiger partial charge in [0.05, 0.1) is 6.04 Å². The Morgan fingerprint density at radius 2 is 1.69 bits per heavy atom. The molecular formula is C10H17F2N. The number of alkyl halides is 2. The molecule has 13 heavy (non-hydrogen) atoms. The van der Waals surface area contributed by atoms with Crippen LogP contribution in [0.25, 0.3) is 0 Å². The maximum absolute atomic E-state index is 13.8. The van der Waals surface area contributed by atoms with E-state index in [4.69, 9.17) is 0 Å². The topological polar surface area (TPSA) is 12.0 Å². The van der Waals surface area contributed by atoms with E-state index in [0.29, 0.717) is 6.42 Å². The van der Waals surface area contributed by atoms with Crippen LogP contribution in [-0.2, 0) is 0 Å². The second-order valence-electron chi connectivity index (χ2n) is 4.30. The first-order valence-corrected chi connectivity index (χ1v) is 5.32. The zero-order valence-corrected chi connectivity index (χ0v) is 7.86. The quantitative estimate of drug-likeness (QED) is 0.704. The first-order chi connectivity index (χ1) is 6.21. The van der Waals surface area contributed by atoms with E-state index in [0.717, 1.165) is 38.6 Å². The van der Waals surface area contributed by atoms with Gasteiger partial charge in [-0.25, -0.2) is 8.78 Å². The zero-order chi connectivity index (χ0) is 9.31. The molecule has 0 bridgehead atoms.